The summed E-state index contributed by atoms with van der Waals surface area (Å²) < 4.78 is 10.6. The number of rotatable bonds is 4. The molecule has 3 atom stereocenters. The third-order valence-corrected chi connectivity index (χ3v) is 6.68. The van der Waals surface area contributed by atoms with Gasteiger partial charge in [0.2, 0.25) is 0 Å². The van der Waals surface area contributed by atoms with Gasteiger partial charge in [-0.2, -0.15) is 0 Å². The molecule has 2 aliphatic rings. The average molecular weight is 360 g/mol. The fraction of sp³-hybridized carbons (Fsp3) is 0.619. The summed E-state index contributed by atoms with van der Waals surface area (Å²) in [6, 6.07) is 3.79. The quantitative estimate of drug-likeness (QED) is 0.836. The van der Waals surface area contributed by atoms with Crippen molar-refractivity contribution < 1.29 is 24.2 Å². The molecular weight excluding hydrogens is 332 g/mol. The second-order valence-electron chi connectivity index (χ2n) is 8.04. The molecule has 0 bridgehead atoms. The molecule has 1 aromatic carbocycles. The van der Waals surface area contributed by atoms with Gasteiger partial charge in [-0.1, -0.05) is 13.3 Å². The molecule has 1 fully saturated rings. The fourth-order valence-corrected chi connectivity index (χ4v) is 5.30. The van der Waals surface area contributed by atoms with E-state index in [9.17, 15) is 14.7 Å². The van der Waals surface area contributed by atoms with Gasteiger partial charge in [0.05, 0.1) is 19.6 Å². The van der Waals surface area contributed by atoms with Crippen LogP contribution < -0.4 is 4.74 Å². The fourth-order valence-electron chi connectivity index (χ4n) is 5.30. The van der Waals surface area contributed by atoms with E-state index in [1.54, 1.807) is 7.11 Å². The van der Waals surface area contributed by atoms with E-state index in [-0.39, 0.29) is 29.7 Å². The molecule has 1 saturated carbocycles. The summed E-state index contributed by atoms with van der Waals surface area (Å²) >= 11 is 0. The van der Waals surface area contributed by atoms with Gasteiger partial charge < -0.3 is 14.6 Å². The van der Waals surface area contributed by atoms with Crippen molar-refractivity contribution in [2.75, 3.05) is 20.8 Å². The van der Waals surface area contributed by atoms with E-state index in [1.165, 1.54) is 7.11 Å². The number of esters is 1. The number of ketones is 1. The number of carbonyl (C=O) groups is 2. The molecule has 26 heavy (non-hydrogen) atoms. The lowest BCUT2D eigenvalue weighted by atomic mass is 9.49. The van der Waals surface area contributed by atoms with Crippen LogP contribution in [0.25, 0.3) is 0 Å². The van der Waals surface area contributed by atoms with Gasteiger partial charge in [0.15, 0.2) is 5.78 Å². The van der Waals surface area contributed by atoms with Crippen LogP contribution in [0.1, 0.15) is 61.0 Å². The molecule has 142 valence electrons. The maximum absolute atomic E-state index is 13.1. The van der Waals surface area contributed by atoms with Crippen molar-refractivity contribution in [3.05, 3.63) is 28.8 Å². The van der Waals surface area contributed by atoms with E-state index in [2.05, 4.69) is 6.92 Å². The first-order valence-corrected chi connectivity index (χ1v) is 9.25. The second kappa shape index (κ2) is 6.69. The molecule has 1 N–H and O–H groups in total. The molecule has 1 unspecified atom stereocenters. The highest BCUT2D eigenvalue weighted by atomic mass is 16.5. The highest BCUT2D eigenvalue weighted by molar-refractivity contribution is 6.01. The third kappa shape index (κ3) is 2.64. The number of benzene rings is 1. The highest BCUT2D eigenvalue weighted by Crippen LogP contribution is 2.58. The SMILES string of the molecule is COC(=O)[C@@]1(C)CCC[C@]2(C)c3cc(OC)cc(CCO)c3C(=O)CC12. The molecule has 0 heterocycles. The Morgan fingerprint density at radius 1 is 1.27 bits per heavy atom. The van der Waals surface area contributed by atoms with E-state index in [0.29, 0.717) is 24.2 Å². The summed E-state index contributed by atoms with van der Waals surface area (Å²) in [6.07, 6.45) is 3.30. The third-order valence-electron chi connectivity index (χ3n) is 6.68. The van der Waals surface area contributed by atoms with Gasteiger partial charge in [0.25, 0.3) is 0 Å². The van der Waals surface area contributed by atoms with Crippen LogP contribution in [-0.4, -0.2) is 37.7 Å². The monoisotopic (exact) mass is 360 g/mol. The maximum atomic E-state index is 13.1. The average Bonchev–Trinajstić information content (AvgIpc) is 2.63. The van der Waals surface area contributed by atoms with Crippen molar-refractivity contribution in [2.24, 2.45) is 11.3 Å². The predicted molar refractivity (Wildman–Crippen MR) is 97.5 cm³/mol. The first kappa shape index (κ1) is 18.9. The molecule has 0 aliphatic heterocycles. The number of ether oxygens (including phenoxy) is 2. The Labute approximate surface area is 154 Å². The summed E-state index contributed by atoms with van der Waals surface area (Å²) in [5.41, 5.74) is 1.53. The Balaban J connectivity index is 2.21. The van der Waals surface area contributed by atoms with E-state index in [0.717, 1.165) is 30.4 Å². The van der Waals surface area contributed by atoms with Gasteiger partial charge in [0, 0.05) is 18.6 Å². The Hall–Kier alpha value is -1.88. The molecular formula is C21H28O5. The van der Waals surface area contributed by atoms with Gasteiger partial charge in [-0.05, 0) is 60.8 Å². The topological polar surface area (TPSA) is 72.8 Å². The Kier molecular flexibility index (Phi) is 4.86. The van der Waals surface area contributed by atoms with Crippen molar-refractivity contribution in [3.8, 4) is 5.75 Å². The van der Waals surface area contributed by atoms with Crippen LogP contribution in [0, 0.1) is 11.3 Å². The standard InChI is InChI=1S/C21H28O5/c1-20-7-5-8-21(2,19(24)26-4)17(20)12-16(23)18-13(6-9-22)10-14(25-3)11-15(18)20/h10-11,17,22H,5-9,12H2,1-4H3/t17?,20-,21+/m1/s1. The van der Waals surface area contributed by atoms with Crippen molar-refractivity contribution in [3.63, 3.8) is 0 Å². The van der Waals surface area contributed by atoms with Crippen LogP contribution in [0.15, 0.2) is 12.1 Å². The zero-order valence-corrected chi connectivity index (χ0v) is 16.1. The number of Topliss-reactive ketones (excluding diaryl/α,β-unsaturated/α-hetero) is 1. The number of fused-ring (bicyclic) bond motifs is 3. The molecule has 3 rings (SSSR count). The van der Waals surface area contributed by atoms with Crippen LogP contribution in [0.4, 0.5) is 0 Å². The number of hydrogen-bond donors (Lipinski definition) is 1. The Bertz CT molecular complexity index is 740. The summed E-state index contributed by atoms with van der Waals surface area (Å²) in [4.78, 5) is 25.7. The minimum atomic E-state index is -0.671. The maximum Gasteiger partial charge on any atom is 0.311 e. The van der Waals surface area contributed by atoms with Gasteiger partial charge in [-0.15, -0.1) is 0 Å². The lowest BCUT2D eigenvalue weighted by Gasteiger charge is -2.53. The van der Waals surface area contributed by atoms with Crippen LogP contribution in [0.2, 0.25) is 0 Å². The molecule has 0 amide bonds. The van der Waals surface area contributed by atoms with Crippen molar-refractivity contribution in [1.82, 2.24) is 0 Å². The normalized spacial score (nSPS) is 30.3. The molecule has 1 aromatic rings. The minimum absolute atomic E-state index is 0.0209. The molecule has 0 radical (unpaired) electrons. The molecule has 2 aliphatic carbocycles. The first-order chi connectivity index (χ1) is 12.3. The highest BCUT2D eigenvalue weighted by Gasteiger charge is 2.57. The van der Waals surface area contributed by atoms with E-state index in [4.69, 9.17) is 9.47 Å². The van der Waals surface area contributed by atoms with Gasteiger partial charge >= 0.3 is 5.97 Å². The molecule has 0 saturated heterocycles. The van der Waals surface area contributed by atoms with Crippen molar-refractivity contribution in [1.29, 1.82) is 0 Å². The minimum Gasteiger partial charge on any atom is -0.497 e. The van der Waals surface area contributed by atoms with Crippen LogP contribution in [0.3, 0.4) is 0 Å². The Morgan fingerprint density at radius 3 is 2.62 bits per heavy atom. The van der Waals surface area contributed by atoms with Crippen molar-refractivity contribution in [2.45, 2.75) is 51.4 Å². The van der Waals surface area contributed by atoms with Gasteiger partial charge in [0.1, 0.15) is 5.75 Å². The lowest BCUT2D eigenvalue weighted by molar-refractivity contribution is -0.160. The second-order valence-corrected chi connectivity index (χ2v) is 8.04. The number of hydrogen-bond acceptors (Lipinski definition) is 5. The zero-order valence-electron chi connectivity index (χ0n) is 16.1. The Morgan fingerprint density at radius 2 is 2.00 bits per heavy atom. The van der Waals surface area contributed by atoms with E-state index >= 15 is 0 Å². The van der Waals surface area contributed by atoms with Crippen LogP contribution >= 0.6 is 0 Å². The molecule has 5 heteroatoms. The smallest absolute Gasteiger partial charge is 0.311 e. The molecule has 0 aromatic heterocycles. The molecule has 5 nitrogen and oxygen atoms in total. The summed E-state index contributed by atoms with van der Waals surface area (Å²) in [7, 11) is 3.02. The first-order valence-electron chi connectivity index (χ1n) is 9.25. The zero-order chi connectivity index (χ0) is 19.1. The summed E-state index contributed by atoms with van der Waals surface area (Å²) in [5.74, 6) is 0.395. The van der Waals surface area contributed by atoms with E-state index in [1.807, 2.05) is 19.1 Å². The number of methoxy groups -OCH3 is 2. The largest absolute Gasteiger partial charge is 0.497 e. The van der Waals surface area contributed by atoms with Crippen molar-refractivity contribution >= 4 is 11.8 Å². The predicted octanol–water partition coefficient (Wildman–Crippen LogP) is 3.05. The number of carbonyl (C=O) groups excluding carboxylic acids is 2. The summed E-state index contributed by atoms with van der Waals surface area (Å²) in [6.45, 7) is 4.08. The van der Waals surface area contributed by atoms with Gasteiger partial charge in [-0.3, -0.25) is 9.59 Å². The number of aliphatic hydroxyl groups excluding tert-OH is 1. The van der Waals surface area contributed by atoms with Crippen LogP contribution in [-0.2, 0) is 21.4 Å². The number of aliphatic hydroxyl groups is 1. The van der Waals surface area contributed by atoms with Crippen LogP contribution in [0.5, 0.6) is 5.75 Å². The molecule has 0 spiro atoms. The summed E-state index contributed by atoms with van der Waals surface area (Å²) in [5, 5.41) is 9.44. The van der Waals surface area contributed by atoms with E-state index < -0.39 is 5.41 Å². The van der Waals surface area contributed by atoms with Gasteiger partial charge in [-0.25, -0.2) is 0 Å². The lowest BCUT2D eigenvalue weighted by Crippen LogP contribution is -2.54.